The van der Waals surface area contributed by atoms with E-state index in [-0.39, 0.29) is 35.5 Å². The molecule has 1 aliphatic heterocycles. The molecule has 1 N–H and O–H groups in total. The molecular formula is C64H62BrCl2LiO3. The Morgan fingerprint density at radius 1 is 0.507 bits per heavy atom. The van der Waals surface area contributed by atoms with Gasteiger partial charge in [0.2, 0.25) is 0 Å². The van der Waals surface area contributed by atoms with Gasteiger partial charge in [-0.25, -0.2) is 0 Å². The zero-order chi connectivity index (χ0) is 49.9. The van der Waals surface area contributed by atoms with E-state index in [1.54, 1.807) is 0 Å². The third kappa shape index (κ3) is 12.3. The molecule has 0 spiro atoms. The Morgan fingerprint density at radius 2 is 0.859 bits per heavy atom. The van der Waals surface area contributed by atoms with Crippen LogP contribution in [0.25, 0.3) is 22.3 Å². The molecule has 0 radical (unpaired) electrons. The monoisotopic (exact) mass is 1030 g/mol. The summed E-state index contributed by atoms with van der Waals surface area (Å²) in [5, 5.41) is 14.0. The van der Waals surface area contributed by atoms with Crippen LogP contribution in [0.15, 0.2) is 199 Å². The summed E-state index contributed by atoms with van der Waals surface area (Å²) in [6, 6.07) is 64.2. The molecule has 2 aliphatic carbocycles. The van der Waals surface area contributed by atoms with Crippen molar-refractivity contribution in [2.24, 2.45) is 0 Å². The maximum Gasteiger partial charge on any atom is 1.00 e. The first-order valence-corrected chi connectivity index (χ1v) is 25.7. The van der Waals surface area contributed by atoms with Gasteiger partial charge < -0.3 is 16.8 Å². The SMILES string of the molecule is C1CCOC1.CC1(C)c2ccccc2C(=O)c2ccccc21.CC1(C)c2ccccc2C(O)(c2ccccc2-c2cccc(Cl)c2)c2ccccc21.Clc1cccc(-c2ccccc2Br)c1.[CH2-]CCC.[Li+]. The minimum Gasteiger partial charge on any atom is -0.381 e. The standard InChI is InChI=1S/C28H23ClO.C16H14O.C12H8BrCl.C4H8O.C4H9.Li/c1-27(2)23-14-5-7-16-25(23)28(30,26-17-8-6-15-24(26)27)22-13-4-3-12-21(22)19-10-9-11-20(29)18-19;1-16(2)13-9-5-3-7-11(13)15(17)12-8-4-6-10-14(12)16;13-12-7-2-1-6-11(12)9-4-3-5-10(14)8-9;1-2-4-5-3-1;1-3-4-2;/h3-18,30H,1-2H3;3-10H,1-2H3;1-8H;1-4H2;1,3-4H2,2H3;/q;;;;-1;+1. The molecule has 0 aromatic heterocycles. The normalized spacial score (nSPS) is 14.7. The zero-order valence-corrected chi connectivity index (χ0v) is 44.9. The number of hydrogen-bond donors (Lipinski definition) is 1. The van der Waals surface area contributed by atoms with E-state index in [2.05, 4.69) is 118 Å². The van der Waals surface area contributed by atoms with Gasteiger partial charge in [-0.3, -0.25) is 4.79 Å². The Hall–Kier alpha value is -4.99. The van der Waals surface area contributed by atoms with Crippen molar-refractivity contribution in [1.29, 1.82) is 0 Å². The number of benzene rings is 8. The van der Waals surface area contributed by atoms with Crippen LogP contribution in [0.2, 0.25) is 10.0 Å². The molecule has 0 unspecified atom stereocenters. The van der Waals surface area contributed by atoms with Gasteiger partial charge in [0.15, 0.2) is 5.78 Å². The van der Waals surface area contributed by atoms with Gasteiger partial charge in [-0.15, -0.1) is 0 Å². The fourth-order valence-electron chi connectivity index (χ4n) is 9.58. The van der Waals surface area contributed by atoms with Crippen LogP contribution < -0.4 is 18.9 Å². The molecule has 0 atom stereocenters. The van der Waals surface area contributed by atoms with E-state index in [4.69, 9.17) is 27.9 Å². The molecule has 0 saturated carbocycles. The predicted molar refractivity (Wildman–Crippen MR) is 297 cm³/mol. The van der Waals surface area contributed by atoms with Gasteiger partial charge in [0.05, 0.1) is 0 Å². The van der Waals surface area contributed by atoms with Gasteiger partial charge in [-0.1, -0.05) is 244 Å². The number of halogens is 3. The molecule has 7 heteroatoms. The minimum atomic E-state index is -1.26. The molecular weight excluding hydrogens is 974 g/mol. The van der Waals surface area contributed by atoms with Gasteiger partial charge >= 0.3 is 18.9 Å². The second-order valence-corrected chi connectivity index (χ2v) is 20.4. The fraction of sp³-hybridized carbons (Fsp3) is 0.219. The largest absolute Gasteiger partial charge is 1.00 e. The molecule has 358 valence electrons. The van der Waals surface area contributed by atoms with Crippen LogP contribution in [-0.2, 0) is 21.2 Å². The average molecular weight is 1040 g/mol. The van der Waals surface area contributed by atoms with Crippen LogP contribution in [0.4, 0.5) is 0 Å². The molecule has 8 aromatic rings. The summed E-state index contributed by atoms with van der Waals surface area (Å²) in [7, 11) is 0. The van der Waals surface area contributed by atoms with Crippen molar-refractivity contribution < 1.29 is 33.5 Å². The van der Waals surface area contributed by atoms with E-state index in [0.29, 0.717) is 5.02 Å². The van der Waals surface area contributed by atoms with E-state index < -0.39 is 5.60 Å². The fourth-order valence-corrected chi connectivity index (χ4v) is 10.5. The first-order chi connectivity index (χ1) is 33.7. The third-order valence-corrected chi connectivity index (χ3v) is 14.5. The van der Waals surface area contributed by atoms with E-state index in [9.17, 15) is 9.90 Å². The molecule has 71 heavy (non-hydrogen) atoms. The Balaban J connectivity index is 0.000000170. The van der Waals surface area contributed by atoms with E-state index in [1.807, 2.05) is 133 Å². The van der Waals surface area contributed by atoms with E-state index in [0.717, 1.165) is 101 Å². The van der Waals surface area contributed by atoms with Gasteiger partial charge in [0, 0.05) is 55.3 Å². The van der Waals surface area contributed by atoms with Crippen molar-refractivity contribution in [3.63, 3.8) is 0 Å². The molecule has 1 heterocycles. The van der Waals surface area contributed by atoms with Gasteiger partial charge in [0.25, 0.3) is 0 Å². The summed E-state index contributed by atoms with van der Waals surface area (Å²) in [6.07, 6.45) is 4.83. The maximum atomic E-state index is 12.6. The zero-order valence-electron chi connectivity index (χ0n) is 41.8. The van der Waals surface area contributed by atoms with Crippen LogP contribution in [0.1, 0.15) is 115 Å². The first-order valence-electron chi connectivity index (χ1n) is 24.1. The summed E-state index contributed by atoms with van der Waals surface area (Å²) in [5.41, 5.74) is 11.7. The van der Waals surface area contributed by atoms with Gasteiger partial charge in [0.1, 0.15) is 5.60 Å². The van der Waals surface area contributed by atoms with Crippen molar-refractivity contribution in [1.82, 2.24) is 0 Å². The number of ketones is 1. The van der Waals surface area contributed by atoms with Crippen LogP contribution in [0.3, 0.4) is 0 Å². The number of hydrogen-bond acceptors (Lipinski definition) is 3. The molecule has 3 aliphatic rings. The summed E-state index contributed by atoms with van der Waals surface area (Å²) >= 11 is 15.8. The minimum absolute atomic E-state index is 0. The average Bonchev–Trinajstić information content (AvgIpc) is 3.99. The summed E-state index contributed by atoms with van der Waals surface area (Å²) < 4.78 is 6.03. The maximum absolute atomic E-state index is 12.6. The van der Waals surface area contributed by atoms with Gasteiger partial charge in [-0.2, -0.15) is 6.42 Å². The van der Waals surface area contributed by atoms with Crippen LogP contribution >= 0.6 is 39.1 Å². The van der Waals surface area contributed by atoms with Crippen molar-refractivity contribution >= 4 is 44.9 Å². The number of ether oxygens (including phenoxy) is 1. The molecule has 0 bridgehead atoms. The van der Waals surface area contributed by atoms with Crippen LogP contribution in [0.5, 0.6) is 0 Å². The number of unbranched alkanes of at least 4 members (excludes halogenated alkanes) is 1. The van der Waals surface area contributed by atoms with Gasteiger partial charge in [-0.05, 0) is 98.8 Å². The van der Waals surface area contributed by atoms with E-state index >= 15 is 0 Å². The topological polar surface area (TPSA) is 46.5 Å². The number of aliphatic hydroxyl groups is 1. The molecule has 0 amide bonds. The molecule has 11 rings (SSSR count). The molecule has 3 nitrogen and oxygen atoms in total. The summed E-state index contributed by atoms with van der Waals surface area (Å²) in [5.74, 6) is 0.149. The number of carbonyl (C=O) groups excluding carboxylic acids is 1. The van der Waals surface area contributed by atoms with E-state index in [1.165, 1.54) is 19.3 Å². The van der Waals surface area contributed by atoms with Crippen LogP contribution in [-0.4, -0.2) is 24.1 Å². The smallest absolute Gasteiger partial charge is 0.381 e. The quantitative estimate of drug-likeness (QED) is 0.141. The number of rotatable bonds is 4. The summed E-state index contributed by atoms with van der Waals surface area (Å²) in [4.78, 5) is 12.4. The van der Waals surface area contributed by atoms with Crippen molar-refractivity contribution in [3.8, 4) is 22.3 Å². The number of carbonyl (C=O) groups is 1. The Morgan fingerprint density at radius 3 is 1.27 bits per heavy atom. The second-order valence-electron chi connectivity index (χ2n) is 18.7. The second kappa shape index (κ2) is 25.1. The van der Waals surface area contributed by atoms with Crippen LogP contribution in [0, 0.1) is 6.92 Å². The predicted octanol–water partition coefficient (Wildman–Crippen LogP) is 14.7. The Kier molecular flexibility index (Phi) is 19.6. The van der Waals surface area contributed by atoms with Crippen molar-refractivity contribution in [2.45, 2.75) is 76.7 Å². The molecule has 8 aromatic carbocycles. The molecule has 1 fully saturated rings. The first kappa shape index (κ1) is 55.3. The Labute approximate surface area is 453 Å². The molecule has 1 saturated heterocycles. The van der Waals surface area contributed by atoms with Crippen molar-refractivity contribution in [3.05, 3.63) is 266 Å². The number of fused-ring (bicyclic) bond motifs is 4. The van der Waals surface area contributed by atoms with Crippen molar-refractivity contribution in [2.75, 3.05) is 13.2 Å². The Bertz CT molecular complexity index is 2940. The summed E-state index contributed by atoms with van der Waals surface area (Å²) in [6.45, 7) is 16.5. The third-order valence-electron chi connectivity index (χ3n) is 13.3.